The van der Waals surface area contributed by atoms with Crippen LogP contribution in [-0.2, 0) is 4.79 Å². The summed E-state index contributed by atoms with van der Waals surface area (Å²) < 4.78 is 12.7. The van der Waals surface area contributed by atoms with E-state index in [1.54, 1.807) is 20.2 Å². The van der Waals surface area contributed by atoms with Gasteiger partial charge < -0.3 is 10.6 Å². The molecule has 1 aliphatic rings. The van der Waals surface area contributed by atoms with Crippen molar-refractivity contribution in [1.29, 1.82) is 0 Å². The number of carbonyl (C=O) groups is 1. The number of anilines is 2. The number of amides is 1. The maximum absolute atomic E-state index is 12.7. The number of hydrogen-bond acceptors (Lipinski definition) is 4. The maximum atomic E-state index is 12.7. The van der Waals surface area contributed by atoms with Crippen molar-refractivity contribution in [3.8, 4) is 0 Å². The zero-order valence-electron chi connectivity index (χ0n) is 15.6. The van der Waals surface area contributed by atoms with Crippen LogP contribution in [0, 0.1) is 25.6 Å². The second-order valence-corrected chi connectivity index (χ2v) is 5.55. The van der Waals surface area contributed by atoms with Crippen molar-refractivity contribution in [3.63, 3.8) is 0 Å². The molecule has 2 heterocycles. The molecule has 1 fully saturated rings. The van der Waals surface area contributed by atoms with Crippen molar-refractivity contribution in [3.05, 3.63) is 47.5 Å². The lowest BCUT2D eigenvalue weighted by Gasteiger charge is -2.02. The van der Waals surface area contributed by atoms with Crippen LogP contribution in [0.25, 0.3) is 0 Å². The van der Waals surface area contributed by atoms with Crippen molar-refractivity contribution in [2.24, 2.45) is 5.92 Å². The third-order valence-electron chi connectivity index (χ3n) is 3.40. The Kier molecular flexibility index (Phi) is 8.53. The zero-order valence-corrected chi connectivity index (χ0v) is 15.6. The van der Waals surface area contributed by atoms with Crippen LogP contribution in [0.2, 0.25) is 0 Å². The molecule has 0 aliphatic heterocycles. The molecule has 5 nitrogen and oxygen atoms in total. The Morgan fingerprint density at radius 2 is 1.76 bits per heavy atom. The van der Waals surface area contributed by atoms with Crippen LogP contribution in [0.5, 0.6) is 0 Å². The molecular weight excluding hydrogens is 319 g/mol. The number of rotatable bonds is 3. The number of aryl methyl sites for hydroxylation is 2. The fourth-order valence-corrected chi connectivity index (χ4v) is 1.75. The Morgan fingerprint density at radius 3 is 2.24 bits per heavy atom. The Balaban J connectivity index is 0.000000235. The Hall–Kier alpha value is -2.50. The number of aromatic nitrogens is 2. The summed E-state index contributed by atoms with van der Waals surface area (Å²) in [6.45, 7) is 7.65. The first-order valence-electron chi connectivity index (χ1n) is 8.53. The van der Waals surface area contributed by atoms with E-state index in [2.05, 4.69) is 20.6 Å². The predicted molar refractivity (Wildman–Crippen MR) is 100 cm³/mol. The minimum Gasteiger partial charge on any atom is -0.373 e. The van der Waals surface area contributed by atoms with Gasteiger partial charge in [0.05, 0.1) is 0 Å². The summed E-state index contributed by atoms with van der Waals surface area (Å²) >= 11 is 0. The average molecular weight is 346 g/mol. The van der Waals surface area contributed by atoms with Crippen LogP contribution in [0.4, 0.5) is 16.0 Å². The molecule has 6 heteroatoms. The fraction of sp³-hybridized carbons (Fsp3) is 0.421. The van der Waals surface area contributed by atoms with Gasteiger partial charge in [-0.15, -0.1) is 0 Å². The van der Waals surface area contributed by atoms with E-state index < -0.39 is 0 Å². The smallest absolute Gasteiger partial charge is 0.228 e. The first kappa shape index (κ1) is 20.5. The van der Waals surface area contributed by atoms with E-state index in [1.165, 1.54) is 12.3 Å². The molecule has 0 unspecified atom stereocenters. The molecule has 0 saturated heterocycles. The predicted octanol–water partition coefficient (Wildman–Crippen LogP) is 4.34. The maximum Gasteiger partial charge on any atom is 0.228 e. The second kappa shape index (κ2) is 10.4. The Morgan fingerprint density at radius 1 is 1.12 bits per heavy atom. The molecule has 0 aromatic carbocycles. The van der Waals surface area contributed by atoms with E-state index in [4.69, 9.17) is 0 Å². The Labute approximate surface area is 149 Å². The number of halogens is 1. The summed E-state index contributed by atoms with van der Waals surface area (Å²) in [7, 11) is 1.71. The van der Waals surface area contributed by atoms with Gasteiger partial charge in [-0.1, -0.05) is 19.9 Å². The van der Waals surface area contributed by atoms with Gasteiger partial charge in [0.1, 0.15) is 17.5 Å². The van der Waals surface area contributed by atoms with Crippen molar-refractivity contribution < 1.29 is 9.18 Å². The lowest BCUT2D eigenvalue weighted by Crippen LogP contribution is -2.14. The monoisotopic (exact) mass is 346 g/mol. The average Bonchev–Trinajstić information content (AvgIpc) is 3.47. The van der Waals surface area contributed by atoms with Gasteiger partial charge in [0.2, 0.25) is 5.91 Å². The minimum absolute atomic E-state index is 0.108. The molecule has 0 radical (unpaired) electrons. The Bertz CT molecular complexity index is 670. The molecule has 0 spiro atoms. The van der Waals surface area contributed by atoms with Gasteiger partial charge >= 0.3 is 0 Å². The number of nitrogens with one attached hydrogen (secondary N) is 2. The zero-order chi connectivity index (χ0) is 18.8. The van der Waals surface area contributed by atoms with E-state index in [0.29, 0.717) is 17.2 Å². The molecule has 0 bridgehead atoms. The number of hydrogen-bond donors (Lipinski definition) is 2. The summed E-state index contributed by atoms with van der Waals surface area (Å²) in [6.07, 6.45) is 5.30. The number of carbonyl (C=O) groups excluding carboxylic acids is 1. The van der Waals surface area contributed by atoms with Gasteiger partial charge in [0.25, 0.3) is 0 Å². The highest BCUT2D eigenvalue weighted by molar-refractivity contribution is 5.93. The van der Waals surface area contributed by atoms with E-state index in [0.717, 1.165) is 18.4 Å². The third kappa shape index (κ3) is 7.28. The highest BCUT2D eigenvalue weighted by Crippen LogP contribution is 2.29. The van der Waals surface area contributed by atoms with Crippen LogP contribution in [0.1, 0.15) is 37.8 Å². The van der Waals surface area contributed by atoms with Crippen molar-refractivity contribution >= 4 is 17.5 Å². The van der Waals surface area contributed by atoms with Crippen molar-refractivity contribution in [1.82, 2.24) is 9.97 Å². The second-order valence-electron chi connectivity index (χ2n) is 5.55. The molecule has 1 aliphatic carbocycles. The van der Waals surface area contributed by atoms with Crippen molar-refractivity contribution in [2.75, 3.05) is 17.7 Å². The van der Waals surface area contributed by atoms with Crippen LogP contribution in [0.3, 0.4) is 0 Å². The number of pyridine rings is 2. The minimum atomic E-state index is -0.223. The molecule has 0 atom stereocenters. The fourth-order valence-electron chi connectivity index (χ4n) is 1.75. The highest BCUT2D eigenvalue weighted by Gasteiger charge is 2.29. The van der Waals surface area contributed by atoms with Crippen LogP contribution in [-0.4, -0.2) is 22.9 Å². The standard InChI is InChI=1S/C10H12N2O.C7H9FN2.C2H6/c1-7-2-5-9(11-6-7)12-10(13)8-3-4-8;1-5-4-10-7(9-2)3-6(5)8;1-2/h2,5-6,8H,3-4H2,1H3,(H,11,12,13);3-4H,1-2H3,(H,9,10);1-2H3. The quantitative estimate of drug-likeness (QED) is 0.868. The lowest BCUT2D eigenvalue weighted by molar-refractivity contribution is -0.117. The molecule has 1 amide bonds. The van der Waals surface area contributed by atoms with Gasteiger partial charge in [-0.25, -0.2) is 14.4 Å². The van der Waals surface area contributed by atoms with E-state index in [-0.39, 0.29) is 17.6 Å². The normalized spacial score (nSPS) is 12.1. The van der Waals surface area contributed by atoms with E-state index in [1.807, 2.05) is 32.9 Å². The molecule has 2 N–H and O–H groups in total. The third-order valence-corrected chi connectivity index (χ3v) is 3.40. The SMILES string of the molecule is CC.CNc1cc(F)c(C)cn1.Cc1ccc(NC(=O)C2CC2)nc1. The van der Waals surface area contributed by atoms with Gasteiger partial charge in [-0.05, 0) is 38.3 Å². The molecule has 3 rings (SSSR count). The largest absolute Gasteiger partial charge is 0.373 e. The summed E-state index contributed by atoms with van der Waals surface area (Å²) in [5.41, 5.74) is 1.67. The van der Waals surface area contributed by atoms with Crippen LogP contribution < -0.4 is 10.6 Å². The first-order chi connectivity index (χ1) is 12.0. The van der Waals surface area contributed by atoms with Gasteiger partial charge in [0.15, 0.2) is 0 Å². The molecule has 2 aromatic heterocycles. The van der Waals surface area contributed by atoms with E-state index >= 15 is 0 Å². The summed E-state index contributed by atoms with van der Waals surface area (Å²) in [6, 6.07) is 5.14. The summed E-state index contributed by atoms with van der Waals surface area (Å²) in [4.78, 5) is 19.3. The molecule has 2 aromatic rings. The number of nitrogens with zero attached hydrogens (tertiary/aromatic N) is 2. The lowest BCUT2D eigenvalue weighted by atomic mass is 10.3. The highest BCUT2D eigenvalue weighted by atomic mass is 19.1. The molecule has 25 heavy (non-hydrogen) atoms. The van der Waals surface area contributed by atoms with Crippen molar-refractivity contribution in [2.45, 2.75) is 40.5 Å². The van der Waals surface area contributed by atoms with Crippen LogP contribution in [0.15, 0.2) is 30.6 Å². The van der Waals surface area contributed by atoms with E-state index in [9.17, 15) is 9.18 Å². The topological polar surface area (TPSA) is 66.9 Å². The van der Waals surface area contributed by atoms with Gasteiger partial charge in [-0.3, -0.25) is 4.79 Å². The van der Waals surface area contributed by atoms with Crippen LogP contribution >= 0.6 is 0 Å². The molecular formula is C19H27FN4O. The van der Waals surface area contributed by atoms with Gasteiger partial charge in [-0.2, -0.15) is 0 Å². The van der Waals surface area contributed by atoms with Gasteiger partial charge in [0, 0.05) is 37.0 Å². The molecule has 136 valence electrons. The molecule has 1 saturated carbocycles. The summed E-state index contributed by atoms with van der Waals surface area (Å²) in [5, 5.41) is 5.52. The summed E-state index contributed by atoms with van der Waals surface area (Å²) in [5.74, 6) is 1.34. The first-order valence-corrected chi connectivity index (χ1v) is 8.53.